The van der Waals surface area contributed by atoms with Crippen molar-refractivity contribution in [2.75, 3.05) is 11.5 Å². The van der Waals surface area contributed by atoms with Gasteiger partial charge in [-0.2, -0.15) is 5.10 Å². The summed E-state index contributed by atoms with van der Waals surface area (Å²) in [5, 5.41) is 39.6. The Kier molecular flexibility index (Phi) is 4.33. The molecular formula is C15H11N7O6. The highest BCUT2D eigenvalue weighted by Gasteiger charge is 2.25. The number of hydrogen-bond acceptors (Lipinski definition) is 9. The van der Waals surface area contributed by atoms with Crippen LogP contribution in [0.4, 0.5) is 28.4 Å². The van der Waals surface area contributed by atoms with Crippen molar-refractivity contribution >= 4 is 28.4 Å². The Labute approximate surface area is 155 Å². The van der Waals surface area contributed by atoms with Gasteiger partial charge in [0.1, 0.15) is 5.69 Å². The summed E-state index contributed by atoms with van der Waals surface area (Å²) in [6.45, 7) is 0. The lowest BCUT2D eigenvalue weighted by molar-refractivity contribution is -0.393. The summed E-state index contributed by atoms with van der Waals surface area (Å²) in [7, 11) is 0. The van der Waals surface area contributed by atoms with Crippen molar-refractivity contribution in [2.24, 2.45) is 0 Å². The first-order valence-electron chi connectivity index (χ1n) is 7.52. The van der Waals surface area contributed by atoms with Gasteiger partial charge in [0.05, 0.1) is 37.8 Å². The van der Waals surface area contributed by atoms with Crippen LogP contribution in [-0.2, 0) is 0 Å². The zero-order chi connectivity index (χ0) is 20.6. The van der Waals surface area contributed by atoms with Gasteiger partial charge in [-0.05, 0) is 12.1 Å². The lowest BCUT2D eigenvalue weighted by Gasteiger charge is -2.05. The van der Waals surface area contributed by atoms with E-state index in [1.165, 1.54) is 18.2 Å². The third-order valence-electron chi connectivity index (χ3n) is 3.96. The molecule has 0 spiro atoms. The summed E-state index contributed by atoms with van der Waals surface area (Å²) in [4.78, 5) is 30.9. The Balaban J connectivity index is 2.13. The molecule has 1 heterocycles. The predicted octanol–water partition coefficient (Wildman–Crippen LogP) is 2.63. The smallest absolute Gasteiger partial charge is 0.285 e. The first-order valence-corrected chi connectivity index (χ1v) is 7.52. The van der Waals surface area contributed by atoms with E-state index < -0.39 is 26.1 Å². The summed E-state index contributed by atoms with van der Waals surface area (Å²) < 4.78 is 0. The van der Waals surface area contributed by atoms with Crippen molar-refractivity contribution in [3.8, 4) is 22.5 Å². The van der Waals surface area contributed by atoms with Crippen LogP contribution in [0.2, 0.25) is 0 Å². The number of nitro benzene ring substituents is 3. The molecule has 0 bridgehead atoms. The number of H-pyrrole nitrogens is 1. The molecule has 1 aromatic heterocycles. The number of nitrogens with one attached hydrogen (secondary N) is 1. The molecule has 5 N–H and O–H groups in total. The number of nitrogen functional groups attached to an aromatic ring is 2. The highest BCUT2D eigenvalue weighted by atomic mass is 16.6. The molecule has 0 radical (unpaired) electrons. The number of aromatic amines is 1. The third-order valence-corrected chi connectivity index (χ3v) is 3.96. The summed E-state index contributed by atoms with van der Waals surface area (Å²) in [6, 6.07) is 6.81. The third kappa shape index (κ3) is 3.03. The van der Waals surface area contributed by atoms with Crippen LogP contribution in [0.3, 0.4) is 0 Å². The molecule has 3 aromatic rings. The molecule has 0 saturated carbocycles. The van der Waals surface area contributed by atoms with E-state index >= 15 is 0 Å². The number of nitrogens with zero attached hydrogens (tertiary/aromatic N) is 4. The highest BCUT2D eigenvalue weighted by molar-refractivity contribution is 5.91. The number of anilines is 2. The van der Waals surface area contributed by atoms with E-state index in [1.54, 1.807) is 0 Å². The maximum atomic E-state index is 11.3. The normalized spacial score (nSPS) is 10.6. The van der Waals surface area contributed by atoms with Crippen molar-refractivity contribution in [1.29, 1.82) is 0 Å². The Morgan fingerprint density at radius 2 is 1.39 bits per heavy atom. The van der Waals surface area contributed by atoms with E-state index in [0.29, 0.717) is 0 Å². The Morgan fingerprint density at radius 3 is 1.93 bits per heavy atom. The largest absolute Gasteiger partial charge is 0.398 e. The van der Waals surface area contributed by atoms with Crippen molar-refractivity contribution in [3.05, 3.63) is 66.7 Å². The number of rotatable bonds is 5. The molecule has 0 aliphatic carbocycles. The minimum Gasteiger partial charge on any atom is -0.398 e. The van der Waals surface area contributed by atoms with E-state index in [-0.39, 0.29) is 39.6 Å². The molecule has 13 nitrogen and oxygen atoms in total. The van der Waals surface area contributed by atoms with Gasteiger partial charge >= 0.3 is 0 Å². The van der Waals surface area contributed by atoms with Crippen molar-refractivity contribution in [2.45, 2.75) is 0 Å². The Bertz CT molecular complexity index is 1140. The molecule has 2 aromatic carbocycles. The number of benzene rings is 2. The number of aromatic nitrogens is 2. The quantitative estimate of drug-likeness (QED) is 0.334. The lowest BCUT2D eigenvalue weighted by atomic mass is 10.0. The Hall–Kier alpha value is -4.55. The number of hydrogen-bond donors (Lipinski definition) is 3. The topological polar surface area (TPSA) is 210 Å². The fraction of sp³-hybridized carbons (Fsp3) is 0. The van der Waals surface area contributed by atoms with Crippen molar-refractivity contribution < 1.29 is 14.8 Å². The van der Waals surface area contributed by atoms with E-state index in [4.69, 9.17) is 11.5 Å². The zero-order valence-electron chi connectivity index (χ0n) is 13.9. The van der Waals surface area contributed by atoms with Crippen LogP contribution < -0.4 is 11.5 Å². The fourth-order valence-electron chi connectivity index (χ4n) is 2.64. The molecule has 142 valence electrons. The summed E-state index contributed by atoms with van der Waals surface area (Å²) in [5.74, 6) is 0. The molecule has 0 saturated heterocycles. The van der Waals surface area contributed by atoms with Crippen LogP contribution in [0, 0.1) is 30.3 Å². The zero-order valence-corrected chi connectivity index (χ0v) is 13.9. The molecule has 0 atom stereocenters. The SMILES string of the molecule is Nc1cc([N+](=O)[O-])ccc1-c1n[nH]c(-c2ccc([N+](=O)[O-])cc2[N+](=O)[O-])c1N. The summed E-state index contributed by atoms with van der Waals surface area (Å²) >= 11 is 0. The van der Waals surface area contributed by atoms with Crippen LogP contribution >= 0.6 is 0 Å². The van der Waals surface area contributed by atoms with Crippen LogP contribution in [0.25, 0.3) is 22.5 Å². The second kappa shape index (κ2) is 6.64. The van der Waals surface area contributed by atoms with Gasteiger partial charge in [-0.1, -0.05) is 0 Å². The highest BCUT2D eigenvalue weighted by Crippen LogP contribution is 2.40. The van der Waals surface area contributed by atoms with Gasteiger partial charge in [-0.25, -0.2) is 0 Å². The maximum absolute atomic E-state index is 11.3. The molecule has 0 amide bonds. The van der Waals surface area contributed by atoms with Gasteiger partial charge in [-0.15, -0.1) is 0 Å². The molecule has 28 heavy (non-hydrogen) atoms. The lowest BCUT2D eigenvalue weighted by Crippen LogP contribution is -1.98. The van der Waals surface area contributed by atoms with Crippen molar-refractivity contribution in [3.63, 3.8) is 0 Å². The predicted molar refractivity (Wildman–Crippen MR) is 98.2 cm³/mol. The summed E-state index contributed by atoms with van der Waals surface area (Å²) in [5.41, 5.74) is 11.2. The Morgan fingerprint density at radius 1 is 0.821 bits per heavy atom. The van der Waals surface area contributed by atoms with Crippen molar-refractivity contribution in [1.82, 2.24) is 10.2 Å². The second-order valence-corrected chi connectivity index (χ2v) is 5.61. The molecule has 13 heteroatoms. The van der Waals surface area contributed by atoms with Crippen LogP contribution in [0.15, 0.2) is 36.4 Å². The van der Waals surface area contributed by atoms with Crippen LogP contribution in [-0.4, -0.2) is 25.0 Å². The minimum atomic E-state index is -0.775. The monoisotopic (exact) mass is 385 g/mol. The first-order chi connectivity index (χ1) is 13.2. The van der Waals surface area contributed by atoms with E-state index in [9.17, 15) is 30.3 Å². The van der Waals surface area contributed by atoms with Gasteiger partial charge in [0.15, 0.2) is 0 Å². The van der Waals surface area contributed by atoms with Gasteiger partial charge in [0.25, 0.3) is 17.1 Å². The van der Waals surface area contributed by atoms with Gasteiger partial charge in [0.2, 0.25) is 0 Å². The molecular weight excluding hydrogens is 374 g/mol. The molecule has 0 fully saturated rings. The van der Waals surface area contributed by atoms with Crippen LogP contribution in [0.5, 0.6) is 0 Å². The molecule has 0 aliphatic rings. The molecule has 3 rings (SSSR count). The number of non-ortho nitro benzene ring substituents is 2. The van der Waals surface area contributed by atoms with Gasteiger partial charge in [0, 0.05) is 29.4 Å². The van der Waals surface area contributed by atoms with Gasteiger partial charge < -0.3 is 11.5 Å². The van der Waals surface area contributed by atoms with E-state index in [1.807, 2.05) is 0 Å². The number of nitro groups is 3. The average Bonchev–Trinajstić information content (AvgIpc) is 3.02. The first kappa shape index (κ1) is 18.2. The summed E-state index contributed by atoms with van der Waals surface area (Å²) in [6.07, 6.45) is 0. The molecule has 0 unspecified atom stereocenters. The standard InChI is InChI=1S/C15H11N7O6/c16-11-5-7(20(23)24)1-3-9(11)14-13(17)15(19-18-14)10-4-2-8(21(25)26)6-12(10)22(27)28/h1-6H,16-17H2,(H,18,19). The van der Waals surface area contributed by atoms with Crippen LogP contribution in [0.1, 0.15) is 0 Å². The molecule has 0 aliphatic heterocycles. The fourth-order valence-corrected chi connectivity index (χ4v) is 2.64. The van der Waals surface area contributed by atoms with Gasteiger partial charge in [-0.3, -0.25) is 35.4 Å². The minimum absolute atomic E-state index is 0.00231. The number of nitrogens with two attached hydrogens (primary N) is 2. The average molecular weight is 385 g/mol. The second-order valence-electron chi connectivity index (χ2n) is 5.61. The van der Waals surface area contributed by atoms with E-state index in [0.717, 1.165) is 18.2 Å². The maximum Gasteiger partial charge on any atom is 0.285 e. The van der Waals surface area contributed by atoms with E-state index in [2.05, 4.69) is 10.2 Å².